The quantitative estimate of drug-likeness (QED) is 0.440. The molecule has 0 saturated heterocycles. The minimum Gasteiger partial charge on any atom is -0.319 e. The molecule has 27 heavy (non-hydrogen) atoms. The number of aryl methyl sites for hydroxylation is 1. The van der Waals surface area contributed by atoms with Gasteiger partial charge in [-0.1, -0.05) is 6.07 Å². The number of carbonyl (C=O) groups is 1. The number of hydrazine groups is 1. The number of nitrogens with one attached hydrogen (secondary N) is 3. The summed E-state index contributed by atoms with van der Waals surface area (Å²) in [5.74, 6) is -0.384. The minimum atomic E-state index is -0.658. The average molecular weight is 366 g/mol. The van der Waals surface area contributed by atoms with Crippen LogP contribution >= 0.6 is 0 Å². The fourth-order valence-electron chi connectivity index (χ4n) is 2.08. The lowest BCUT2D eigenvalue weighted by Gasteiger charge is -2.10. The van der Waals surface area contributed by atoms with E-state index in [4.69, 9.17) is 0 Å². The predicted octanol–water partition coefficient (Wildman–Crippen LogP) is 1.98. The second-order valence-electron chi connectivity index (χ2n) is 5.34. The van der Waals surface area contributed by atoms with Crippen molar-refractivity contribution >= 4 is 29.0 Å². The molecule has 0 spiro atoms. The van der Waals surface area contributed by atoms with E-state index in [1.54, 1.807) is 30.5 Å². The molecule has 0 aliphatic carbocycles. The van der Waals surface area contributed by atoms with Gasteiger partial charge in [-0.15, -0.1) is 0 Å². The Morgan fingerprint density at radius 1 is 1.11 bits per heavy atom. The number of rotatable bonds is 6. The van der Waals surface area contributed by atoms with Crippen molar-refractivity contribution in [1.82, 2.24) is 25.4 Å². The summed E-state index contributed by atoms with van der Waals surface area (Å²) in [6, 6.07) is 6.61. The number of nitro groups is 1. The summed E-state index contributed by atoms with van der Waals surface area (Å²) in [6.45, 7) is 1.87. The molecule has 136 valence electrons. The maximum atomic E-state index is 12.1. The first kappa shape index (κ1) is 17.7. The smallest absolute Gasteiger partial charge is 0.319 e. The Hall–Kier alpha value is -4.15. The van der Waals surface area contributed by atoms with Crippen LogP contribution in [0.3, 0.4) is 0 Å². The van der Waals surface area contributed by atoms with Crippen molar-refractivity contribution in [3.05, 3.63) is 70.4 Å². The van der Waals surface area contributed by atoms with Gasteiger partial charge in [-0.3, -0.25) is 30.7 Å². The van der Waals surface area contributed by atoms with Crippen LogP contribution in [0, 0.1) is 17.0 Å². The van der Waals surface area contributed by atoms with Crippen molar-refractivity contribution in [1.29, 1.82) is 0 Å². The predicted molar refractivity (Wildman–Crippen MR) is 96.3 cm³/mol. The molecular formula is C16H14N8O3. The minimum absolute atomic E-state index is 0.0653. The molecule has 0 saturated carbocycles. The lowest BCUT2D eigenvalue weighted by atomic mass is 10.3. The van der Waals surface area contributed by atoms with Crippen LogP contribution in [0.5, 0.6) is 0 Å². The maximum Gasteiger partial charge on any atom is 0.355 e. The Bertz CT molecular complexity index is 963. The van der Waals surface area contributed by atoms with Gasteiger partial charge in [0.2, 0.25) is 11.6 Å². The van der Waals surface area contributed by atoms with Gasteiger partial charge in [0.25, 0.3) is 5.91 Å². The van der Waals surface area contributed by atoms with E-state index in [-0.39, 0.29) is 17.2 Å². The van der Waals surface area contributed by atoms with Gasteiger partial charge in [0.1, 0.15) is 12.1 Å². The molecule has 11 heteroatoms. The first-order chi connectivity index (χ1) is 13.0. The van der Waals surface area contributed by atoms with Gasteiger partial charge in [-0.25, -0.2) is 15.0 Å². The van der Waals surface area contributed by atoms with Crippen molar-refractivity contribution in [2.24, 2.45) is 0 Å². The Labute approximate surface area is 153 Å². The molecule has 0 fully saturated rings. The molecule has 3 heterocycles. The summed E-state index contributed by atoms with van der Waals surface area (Å²) in [7, 11) is 0. The highest BCUT2D eigenvalue weighted by atomic mass is 16.6. The highest BCUT2D eigenvalue weighted by molar-refractivity contribution is 5.94. The molecule has 1 amide bonds. The molecule has 0 radical (unpaired) electrons. The molecule has 3 aromatic rings. The van der Waals surface area contributed by atoms with Crippen LogP contribution in [0.2, 0.25) is 0 Å². The van der Waals surface area contributed by atoms with Crippen LogP contribution in [-0.4, -0.2) is 30.8 Å². The Morgan fingerprint density at radius 2 is 1.93 bits per heavy atom. The number of carbonyl (C=O) groups excluding carboxylic acids is 1. The topological polar surface area (TPSA) is 148 Å². The van der Waals surface area contributed by atoms with Crippen LogP contribution in [0.25, 0.3) is 0 Å². The second kappa shape index (κ2) is 7.82. The lowest BCUT2D eigenvalue weighted by molar-refractivity contribution is -0.383. The Morgan fingerprint density at radius 3 is 2.59 bits per heavy atom. The van der Waals surface area contributed by atoms with Gasteiger partial charge >= 0.3 is 5.69 Å². The standard InChI is InChI=1S/C16H14N8O3/c1-10-4-5-12(18-7-10)21-14-13(24(26)27)15(20-9-19-14)22-23-16(25)11-3-2-6-17-8-11/h2-9H,1H3,(H,23,25)(H2,18,19,20,21,22). The number of aromatic nitrogens is 4. The van der Waals surface area contributed by atoms with E-state index in [1.165, 1.54) is 12.4 Å². The number of anilines is 3. The van der Waals surface area contributed by atoms with E-state index < -0.39 is 16.5 Å². The van der Waals surface area contributed by atoms with Crippen molar-refractivity contribution in [3.8, 4) is 0 Å². The molecule has 3 N–H and O–H groups in total. The summed E-state index contributed by atoms with van der Waals surface area (Å²) in [4.78, 5) is 38.6. The zero-order chi connectivity index (χ0) is 19.2. The van der Waals surface area contributed by atoms with E-state index in [9.17, 15) is 14.9 Å². The Balaban J connectivity index is 1.82. The van der Waals surface area contributed by atoms with Gasteiger partial charge < -0.3 is 5.32 Å². The summed E-state index contributed by atoms with van der Waals surface area (Å²) < 4.78 is 0. The molecule has 0 aromatic carbocycles. The number of nitrogens with zero attached hydrogens (tertiary/aromatic N) is 5. The zero-order valence-corrected chi connectivity index (χ0v) is 14.1. The van der Waals surface area contributed by atoms with Crippen LogP contribution in [0.15, 0.2) is 49.2 Å². The number of pyridine rings is 2. The molecule has 11 nitrogen and oxygen atoms in total. The number of hydrogen-bond donors (Lipinski definition) is 3. The van der Waals surface area contributed by atoms with Crippen molar-refractivity contribution in [2.75, 3.05) is 10.7 Å². The molecular weight excluding hydrogens is 352 g/mol. The summed E-state index contributed by atoms with van der Waals surface area (Å²) in [5, 5.41) is 14.3. The van der Waals surface area contributed by atoms with Crippen molar-refractivity contribution in [3.63, 3.8) is 0 Å². The van der Waals surface area contributed by atoms with E-state index in [0.29, 0.717) is 5.82 Å². The van der Waals surface area contributed by atoms with E-state index >= 15 is 0 Å². The van der Waals surface area contributed by atoms with Crippen molar-refractivity contribution in [2.45, 2.75) is 6.92 Å². The van der Waals surface area contributed by atoms with E-state index in [0.717, 1.165) is 11.9 Å². The van der Waals surface area contributed by atoms with Crippen LogP contribution < -0.4 is 16.2 Å². The molecule has 0 atom stereocenters. The largest absolute Gasteiger partial charge is 0.355 e. The van der Waals surface area contributed by atoms with Crippen LogP contribution in [0.1, 0.15) is 15.9 Å². The fourth-order valence-corrected chi connectivity index (χ4v) is 2.08. The van der Waals surface area contributed by atoms with Gasteiger partial charge in [0.05, 0.1) is 10.5 Å². The molecule has 0 bridgehead atoms. The van der Waals surface area contributed by atoms with Crippen LogP contribution in [-0.2, 0) is 0 Å². The van der Waals surface area contributed by atoms with Crippen LogP contribution in [0.4, 0.5) is 23.1 Å². The molecule has 3 rings (SSSR count). The normalized spacial score (nSPS) is 10.1. The fraction of sp³-hybridized carbons (Fsp3) is 0.0625. The van der Waals surface area contributed by atoms with Crippen molar-refractivity contribution < 1.29 is 9.72 Å². The highest BCUT2D eigenvalue weighted by Gasteiger charge is 2.24. The van der Waals surface area contributed by atoms with Gasteiger partial charge in [-0.05, 0) is 30.7 Å². The monoisotopic (exact) mass is 366 g/mol. The third-order valence-corrected chi connectivity index (χ3v) is 3.38. The van der Waals surface area contributed by atoms with Gasteiger partial charge in [0, 0.05) is 18.6 Å². The third kappa shape index (κ3) is 4.28. The first-order valence-corrected chi connectivity index (χ1v) is 7.70. The molecule has 0 unspecified atom stereocenters. The first-order valence-electron chi connectivity index (χ1n) is 7.70. The maximum absolute atomic E-state index is 12.1. The highest BCUT2D eigenvalue weighted by Crippen LogP contribution is 2.30. The second-order valence-corrected chi connectivity index (χ2v) is 5.34. The summed E-state index contributed by atoms with van der Waals surface area (Å²) >= 11 is 0. The lowest BCUT2D eigenvalue weighted by Crippen LogP contribution is -2.30. The number of hydrogen-bond acceptors (Lipinski definition) is 9. The summed E-state index contributed by atoms with van der Waals surface area (Å²) in [6.07, 6.45) is 5.63. The SMILES string of the molecule is Cc1ccc(Nc2ncnc(NNC(=O)c3cccnc3)c2[N+](=O)[O-])nc1. The average Bonchev–Trinajstić information content (AvgIpc) is 2.68. The molecule has 3 aromatic heterocycles. The molecule has 0 aliphatic heterocycles. The van der Waals surface area contributed by atoms with E-state index in [2.05, 4.69) is 36.1 Å². The Kier molecular flexibility index (Phi) is 5.12. The third-order valence-electron chi connectivity index (χ3n) is 3.38. The zero-order valence-electron chi connectivity index (χ0n) is 14.1. The van der Waals surface area contributed by atoms with E-state index in [1.807, 2.05) is 6.92 Å². The van der Waals surface area contributed by atoms with Gasteiger partial charge in [-0.2, -0.15) is 0 Å². The summed E-state index contributed by atoms with van der Waals surface area (Å²) in [5.41, 5.74) is 5.58. The van der Waals surface area contributed by atoms with Gasteiger partial charge in [0.15, 0.2) is 0 Å². The molecule has 0 aliphatic rings. The number of amides is 1.